The first-order valence-corrected chi connectivity index (χ1v) is 10.3. The van der Waals surface area contributed by atoms with Crippen LogP contribution in [0.2, 0.25) is 0 Å². The van der Waals surface area contributed by atoms with Gasteiger partial charge in [0.25, 0.3) is 0 Å². The van der Waals surface area contributed by atoms with Crippen LogP contribution in [0.3, 0.4) is 0 Å². The number of hydrogen-bond donors (Lipinski definition) is 1. The predicted octanol–water partition coefficient (Wildman–Crippen LogP) is 3.87. The number of alkyl halides is 3. The van der Waals surface area contributed by atoms with Crippen molar-refractivity contribution in [1.82, 2.24) is 4.31 Å². The molecule has 10 heteroatoms. The Bertz CT molecular complexity index is 899. The van der Waals surface area contributed by atoms with E-state index in [4.69, 9.17) is 0 Å². The normalized spacial score (nSPS) is 12.2. The Morgan fingerprint density at radius 1 is 1.07 bits per heavy atom. The molecule has 0 spiro atoms. The summed E-state index contributed by atoms with van der Waals surface area (Å²) >= 11 is 3.28. The van der Waals surface area contributed by atoms with E-state index >= 15 is 0 Å². The fourth-order valence-electron chi connectivity index (χ4n) is 2.19. The number of nitrogens with zero attached hydrogens (tertiary/aromatic N) is 1. The number of nitrogens with one attached hydrogen (secondary N) is 1. The van der Waals surface area contributed by atoms with E-state index < -0.39 is 34.2 Å². The van der Waals surface area contributed by atoms with Gasteiger partial charge in [-0.1, -0.05) is 28.1 Å². The van der Waals surface area contributed by atoms with Gasteiger partial charge in [-0.15, -0.1) is 0 Å². The highest BCUT2D eigenvalue weighted by Crippen LogP contribution is 2.29. The van der Waals surface area contributed by atoms with Crippen molar-refractivity contribution in [3.8, 4) is 0 Å². The average molecular weight is 465 g/mol. The van der Waals surface area contributed by atoms with Crippen molar-refractivity contribution in [2.24, 2.45) is 0 Å². The molecule has 5 nitrogen and oxygen atoms in total. The predicted molar refractivity (Wildman–Crippen MR) is 99.5 cm³/mol. The molecule has 1 N–H and O–H groups in total. The van der Waals surface area contributed by atoms with Crippen LogP contribution in [-0.4, -0.2) is 31.4 Å². The Kier molecular flexibility index (Phi) is 6.66. The van der Waals surface area contributed by atoms with Gasteiger partial charge in [0.15, 0.2) is 0 Å². The highest BCUT2D eigenvalue weighted by molar-refractivity contribution is 9.10. The molecule has 0 aliphatic heterocycles. The summed E-state index contributed by atoms with van der Waals surface area (Å²) in [6, 6.07) is 10.8. The van der Waals surface area contributed by atoms with E-state index in [1.807, 2.05) is 0 Å². The molecule has 0 atom stereocenters. The minimum Gasteiger partial charge on any atom is -0.325 e. The molecule has 1 amide bonds. The highest BCUT2D eigenvalue weighted by Gasteiger charge is 2.30. The molecule has 0 radical (unpaired) electrons. The maximum absolute atomic E-state index is 12.6. The lowest BCUT2D eigenvalue weighted by Gasteiger charge is -2.19. The number of halogens is 4. The Labute approximate surface area is 163 Å². The van der Waals surface area contributed by atoms with Gasteiger partial charge in [-0.05, 0) is 42.0 Å². The molecule has 0 heterocycles. The van der Waals surface area contributed by atoms with Gasteiger partial charge in [0.2, 0.25) is 15.9 Å². The molecule has 0 unspecified atom stereocenters. The van der Waals surface area contributed by atoms with Crippen molar-refractivity contribution in [1.29, 1.82) is 0 Å². The number of hydrogen-bond acceptors (Lipinski definition) is 3. The molecule has 0 aliphatic rings. The molecule has 0 bridgehead atoms. The Morgan fingerprint density at radius 3 is 2.11 bits per heavy atom. The van der Waals surface area contributed by atoms with Crippen LogP contribution in [0.4, 0.5) is 18.9 Å². The molecular weight excluding hydrogens is 449 g/mol. The zero-order chi connectivity index (χ0) is 20.2. The Balaban J connectivity index is 2.06. The zero-order valence-electron chi connectivity index (χ0n) is 14.1. The second-order valence-corrected chi connectivity index (χ2v) is 8.68. The Hall–Kier alpha value is -1.91. The van der Waals surface area contributed by atoms with Crippen molar-refractivity contribution in [3.63, 3.8) is 0 Å². The smallest absolute Gasteiger partial charge is 0.325 e. The average Bonchev–Trinajstić information content (AvgIpc) is 2.55. The monoisotopic (exact) mass is 464 g/mol. The molecular formula is C17H16BrF3N2O3S. The largest absolute Gasteiger partial charge is 0.416 e. The minimum absolute atomic E-state index is 0.00740. The molecule has 2 aromatic rings. The number of rotatable bonds is 6. The van der Waals surface area contributed by atoms with Gasteiger partial charge in [-0.25, -0.2) is 8.42 Å². The van der Waals surface area contributed by atoms with Gasteiger partial charge < -0.3 is 5.32 Å². The van der Waals surface area contributed by atoms with Crippen LogP contribution in [0.25, 0.3) is 0 Å². The lowest BCUT2D eigenvalue weighted by atomic mass is 10.2. The standard InChI is InChI=1S/C17H16BrF3N2O3S/c1-27(25,26)23(10-12-2-6-14(18)7-3-12)11-16(24)22-15-8-4-13(5-9-15)17(19,20)21/h2-9H,10-11H2,1H3,(H,22,24). The van der Waals surface area contributed by atoms with Crippen molar-refractivity contribution in [2.45, 2.75) is 12.7 Å². The summed E-state index contributed by atoms with van der Waals surface area (Å²) < 4.78 is 63.4. The second-order valence-electron chi connectivity index (χ2n) is 5.78. The fourth-order valence-corrected chi connectivity index (χ4v) is 3.19. The van der Waals surface area contributed by atoms with E-state index in [1.165, 1.54) is 0 Å². The summed E-state index contributed by atoms with van der Waals surface area (Å²) in [5, 5.41) is 2.40. The van der Waals surface area contributed by atoms with E-state index in [2.05, 4.69) is 21.2 Å². The van der Waals surface area contributed by atoms with Crippen LogP contribution < -0.4 is 5.32 Å². The van der Waals surface area contributed by atoms with Gasteiger partial charge in [-0.3, -0.25) is 4.79 Å². The first-order chi connectivity index (χ1) is 12.4. The lowest BCUT2D eigenvalue weighted by molar-refractivity contribution is -0.137. The minimum atomic E-state index is -4.47. The van der Waals surface area contributed by atoms with Crippen molar-refractivity contribution >= 4 is 37.5 Å². The van der Waals surface area contributed by atoms with Gasteiger partial charge >= 0.3 is 6.18 Å². The van der Waals surface area contributed by atoms with Crippen LogP contribution in [0.1, 0.15) is 11.1 Å². The molecule has 0 fully saturated rings. The molecule has 27 heavy (non-hydrogen) atoms. The summed E-state index contributed by atoms with van der Waals surface area (Å²) in [5.74, 6) is -0.655. The van der Waals surface area contributed by atoms with Gasteiger partial charge in [0, 0.05) is 16.7 Å². The SMILES string of the molecule is CS(=O)(=O)N(CC(=O)Nc1ccc(C(F)(F)F)cc1)Cc1ccc(Br)cc1. The quantitative estimate of drug-likeness (QED) is 0.705. The third kappa shape index (κ3) is 6.64. The molecule has 0 aliphatic carbocycles. The summed E-state index contributed by atoms with van der Waals surface area (Å²) in [6.45, 7) is -0.470. The van der Waals surface area contributed by atoms with Gasteiger partial charge in [0.1, 0.15) is 0 Å². The maximum Gasteiger partial charge on any atom is 0.416 e. The third-order valence-electron chi connectivity index (χ3n) is 3.56. The first-order valence-electron chi connectivity index (χ1n) is 7.62. The molecule has 2 aromatic carbocycles. The van der Waals surface area contributed by atoms with Crippen molar-refractivity contribution < 1.29 is 26.4 Å². The van der Waals surface area contributed by atoms with Crippen molar-refractivity contribution in [2.75, 3.05) is 18.1 Å². The fraction of sp³-hybridized carbons (Fsp3) is 0.235. The zero-order valence-corrected chi connectivity index (χ0v) is 16.5. The number of carbonyl (C=O) groups is 1. The topological polar surface area (TPSA) is 66.5 Å². The summed E-state index contributed by atoms with van der Waals surface area (Å²) in [6.07, 6.45) is -3.49. The molecule has 0 saturated carbocycles. The first kappa shape index (κ1) is 21.4. The van der Waals surface area contributed by atoms with Crippen LogP contribution in [0.5, 0.6) is 0 Å². The number of anilines is 1. The summed E-state index contributed by atoms with van der Waals surface area (Å²) in [4.78, 5) is 12.1. The molecule has 146 valence electrons. The Morgan fingerprint density at radius 2 is 1.63 bits per heavy atom. The van der Waals surface area contributed by atoms with Gasteiger partial charge in [-0.2, -0.15) is 17.5 Å². The van der Waals surface area contributed by atoms with Crippen LogP contribution in [0, 0.1) is 0 Å². The summed E-state index contributed by atoms with van der Waals surface area (Å²) in [7, 11) is -3.67. The van der Waals surface area contributed by atoms with Crippen LogP contribution in [0.15, 0.2) is 53.0 Å². The van der Waals surface area contributed by atoms with E-state index in [0.29, 0.717) is 5.56 Å². The maximum atomic E-state index is 12.6. The number of sulfonamides is 1. The van der Waals surface area contributed by atoms with E-state index in [-0.39, 0.29) is 12.2 Å². The van der Waals surface area contributed by atoms with Gasteiger partial charge in [0.05, 0.1) is 18.4 Å². The third-order valence-corrected chi connectivity index (χ3v) is 5.28. The van der Waals surface area contributed by atoms with Crippen LogP contribution >= 0.6 is 15.9 Å². The number of amides is 1. The van der Waals surface area contributed by atoms with E-state index in [1.54, 1.807) is 24.3 Å². The molecule has 0 aromatic heterocycles. The van der Waals surface area contributed by atoms with Crippen molar-refractivity contribution in [3.05, 3.63) is 64.1 Å². The number of benzene rings is 2. The number of carbonyl (C=O) groups excluding carboxylic acids is 1. The molecule has 2 rings (SSSR count). The highest BCUT2D eigenvalue weighted by atomic mass is 79.9. The molecule has 0 saturated heterocycles. The second kappa shape index (κ2) is 8.41. The lowest BCUT2D eigenvalue weighted by Crippen LogP contribution is -2.36. The van der Waals surface area contributed by atoms with Crippen LogP contribution in [-0.2, 0) is 27.5 Å². The summed E-state index contributed by atoms with van der Waals surface area (Å²) in [5.41, 5.74) is -0.00968. The van der Waals surface area contributed by atoms with E-state index in [9.17, 15) is 26.4 Å². The van der Waals surface area contributed by atoms with E-state index in [0.717, 1.165) is 39.3 Å².